The number of rotatable bonds is 2. The molecule has 0 unspecified atom stereocenters. The molecule has 0 saturated heterocycles. The summed E-state index contributed by atoms with van der Waals surface area (Å²) in [4.78, 5) is 3.01. The molecule has 4 heteroatoms. The number of aryl methyl sites for hydroxylation is 1. The summed E-state index contributed by atoms with van der Waals surface area (Å²) in [5.41, 5.74) is 8.92. The van der Waals surface area contributed by atoms with E-state index < -0.39 is 0 Å². The second kappa shape index (κ2) is 3.06. The molecule has 2 rings (SSSR count). The maximum atomic E-state index is 5.63. The molecule has 0 fully saturated rings. The monoisotopic (exact) mass is 176 g/mol. The minimum Gasteiger partial charge on any atom is -0.367 e. The standard InChI is InChI=1S/C9H12N4/c1-13-9(4-10)8(6-12-13)7-2-3-11-5-7/h2-3,5-6,11H,4,10H2,1H3. The predicted octanol–water partition coefficient (Wildman–Crippen LogP) is 0.874. The smallest absolute Gasteiger partial charge is 0.0595 e. The Kier molecular flexibility index (Phi) is 1.90. The molecule has 0 aliphatic rings. The van der Waals surface area contributed by atoms with Crippen molar-refractivity contribution in [2.45, 2.75) is 6.54 Å². The Morgan fingerprint density at radius 1 is 1.62 bits per heavy atom. The van der Waals surface area contributed by atoms with Crippen LogP contribution in [0, 0.1) is 0 Å². The Balaban J connectivity index is 2.52. The highest BCUT2D eigenvalue weighted by Gasteiger charge is 2.08. The predicted molar refractivity (Wildman–Crippen MR) is 50.9 cm³/mol. The molecule has 68 valence electrons. The Morgan fingerprint density at radius 2 is 2.46 bits per heavy atom. The fourth-order valence-electron chi connectivity index (χ4n) is 1.44. The van der Waals surface area contributed by atoms with Gasteiger partial charge in [0.1, 0.15) is 0 Å². The van der Waals surface area contributed by atoms with Crippen LogP contribution in [0.25, 0.3) is 11.1 Å². The van der Waals surface area contributed by atoms with Gasteiger partial charge in [-0.05, 0) is 6.07 Å². The molecule has 0 aliphatic heterocycles. The first-order chi connectivity index (χ1) is 6.33. The van der Waals surface area contributed by atoms with Gasteiger partial charge in [0.15, 0.2) is 0 Å². The highest BCUT2D eigenvalue weighted by molar-refractivity contribution is 5.64. The van der Waals surface area contributed by atoms with E-state index in [9.17, 15) is 0 Å². The van der Waals surface area contributed by atoms with Crippen molar-refractivity contribution in [3.8, 4) is 11.1 Å². The van der Waals surface area contributed by atoms with Gasteiger partial charge in [0, 0.05) is 37.1 Å². The summed E-state index contributed by atoms with van der Waals surface area (Å²) in [5.74, 6) is 0. The summed E-state index contributed by atoms with van der Waals surface area (Å²) < 4.78 is 1.81. The average Bonchev–Trinajstić information content (AvgIpc) is 2.71. The van der Waals surface area contributed by atoms with Gasteiger partial charge in [0.25, 0.3) is 0 Å². The Labute approximate surface area is 76.4 Å². The molecular formula is C9H12N4. The van der Waals surface area contributed by atoms with Gasteiger partial charge < -0.3 is 10.7 Å². The lowest BCUT2D eigenvalue weighted by Gasteiger charge is -2.00. The number of nitrogens with one attached hydrogen (secondary N) is 1. The van der Waals surface area contributed by atoms with Gasteiger partial charge in [-0.15, -0.1) is 0 Å². The number of nitrogens with zero attached hydrogens (tertiary/aromatic N) is 2. The van der Waals surface area contributed by atoms with E-state index in [1.807, 2.05) is 36.4 Å². The summed E-state index contributed by atoms with van der Waals surface area (Å²) >= 11 is 0. The third-order valence-electron chi connectivity index (χ3n) is 2.16. The first-order valence-corrected chi connectivity index (χ1v) is 4.17. The summed E-state index contributed by atoms with van der Waals surface area (Å²) in [7, 11) is 1.90. The van der Waals surface area contributed by atoms with Crippen LogP contribution < -0.4 is 5.73 Å². The van der Waals surface area contributed by atoms with E-state index in [2.05, 4.69) is 10.1 Å². The largest absolute Gasteiger partial charge is 0.367 e. The van der Waals surface area contributed by atoms with E-state index in [0.29, 0.717) is 6.54 Å². The Bertz CT molecular complexity index is 386. The zero-order valence-electron chi connectivity index (χ0n) is 7.49. The Morgan fingerprint density at radius 3 is 3.08 bits per heavy atom. The molecule has 0 spiro atoms. The van der Waals surface area contributed by atoms with Gasteiger partial charge in [-0.3, -0.25) is 4.68 Å². The zero-order chi connectivity index (χ0) is 9.26. The second-order valence-electron chi connectivity index (χ2n) is 2.93. The van der Waals surface area contributed by atoms with Crippen LogP contribution in [0.4, 0.5) is 0 Å². The molecule has 3 N–H and O–H groups in total. The number of nitrogens with two attached hydrogens (primary N) is 1. The first kappa shape index (κ1) is 8.07. The number of aromatic nitrogens is 3. The van der Waals surface area contributed by atoms with Crippen molar-refractivity contribution < 1.29 is 0 Å². The molecule has 0 amide bonds. The summed E-state index contributed by atoms with van der Waals surface area (Å²) in [6, 6.07) is 2.01. The molecule has 13 heavy (non-hydrogen) atoms. The Hall–Kier alpha value is -1.55. The summed E-state index contributed by atoms with van der Waals surface area (Å²) in [6.45, 7) is 0.511. The van der Waals surface area contributed by atoms with E-state index in [4.69, 9.17) is 5.73 Å². The van der Waals surface area contributed by atoms with Crippen LogP contribution in [-0.2, 0) is 13.6 Å². The summed E-state index contributed by atoms with van der Waals surface area (Å²) in [6.07, 6.45) is 5.67. The van der Waals surface area contributed by atoms with Gasteiger partial charge in [-0.2, -0.15) is 5.10 Å². The van der Waals surface area contributed by atoms with Crippen molar-refractivity contribution in [3.05, 3.63) is 30.4 Å². The molecule has 0 atom stereocenters. The molecule has 0 bridgehead atoms. The molecule has 0 aromatic carbocycles. The lowest BCUT2D eigenvalue weighted by atomic mass is 10.1. The van der Waals surface area contributed by atoms with Crippen molar-refractivity contribution in [1.82, 2.24) is 14.8 Å². The molecule has 0 radical (unpaired) electrons. The van der Waals surface area contributed by atoms with Crippen molar-refractivity contribution in [1.29, 1.82) is 0 Å². The van der Waals surface area contributed by atoms with Gasteiger partial charge in [-0.1, -0.05) is 0 Å². The number of aromatic amines is 1. The van der Waals surface area contributed by atoms with Crippen LogP contribution >= 0.6 is 0 Å². The van der Waals surface area contributed by atoms with Crippen LogP contribution in [-0.4, -0.2) is 14.8 Å². The van der Waals surface area contributed by atoms with E-state index in [0.717, 1.165) is 16.8 Å². The van der Waals surface area contributed by atoms with Crippen molar-refractivity contribution in [2.75, 3.05) is 0 Å². The number of hydrogen-bond donors (Lipinski definition) is 2. The minimum absolute atomic E-state index is 0.511. The van der Waals surface area contributed by atoms with Gasteiger partial charge >= 0.3 is 0 Å². The van der Waals surface area contributed by atoms with Crippen LogP contribution in [0.3, 0.4) is 0 Å². The van der Waals surface area contributed by atoms with E-state index in [1.165, 1.54) is 0 Å². The number of H-pyrrole nitrogens is 1. The van der Waals surface area contributed by atoms with Crippen LogP contribution in [0.15, 0.2) is 24.7 Å². The molecule has 4 nitrogen and oxygen atoms in total. The summed E-state index contributed by atoms with van der Waals surface area (Å²) in [5, 5.41) is 4.17. The highest BCUT2D eigenvalue weighted by Crippen LogP contribution is 2.21. The van der Waals surface area contributed by atoms with E-state index in [1.54, 1.807) is 0 Å². The lowest BCUT2D eigenvalue weighted by molar-refractivity contribution is 0.713. The molecule has 2 aromatic heterocycles. The fraction of sp³-hybridized carbons (Fsp3) is 0.222. The number of hydrogen-bond acceptors (Lipinski definition) is 2. The second-order valence-corrected chi connectivity index (χ2v) is 2.93. The molecule has 0 saturated carbocycles. The SMILES string of the molecule is Cn1ncc(-c2cc[nH]c2)c1CN. The first-order valence-electron chi connectivity index (χ1n) is 4.17. The maximum Gasteiger partial charge on any atom is 0.0595 e. The normalized spacial score (nSPS) is 10.6. The topological polar surface area (TPSA) is 59.6 Å². The van der Waals surface area contributed by atoms with E-state index in [-0.39, 0.29) is 0 Å². The van der Waals surface area contributed by atoms with Gasteiger partial charge in [0.2, 0.25) is 0 Å². The van der Waals surface area contributed by atoms with Crippen molar-refractivity contribution in [2.24, 2.45) is 12.8 Å². The molecule has 0 aliphatic carbocycles. The average molecular weight is 176 g/mol. The van der Waals surface area contributed by atoms with Crippen molar-refractivity contribution >= 4 is 0 Å². The molecule has 2 heterocycles. The van der Waals surface area contributed by atoms with Gasteiger partial charge in [0.05, 0.1) is 11.9 Å². The third kappa shape index (κ3) is 1.25. The molecule has 2 aromatic rings. The fourth-order valence-corrected chi connectivity index (χ4v) is 1.44. The highest BCUT2D eigenvalue weighted by atomic mass is 15.3. The quantitative estimate of drug-likeness (QED) is 0.713. The third-order valence-corrected chi connectivity index (χ3v) is 2.16. The minimum atomic E-state index is 0.511. The lowest BCUT2D eigenvalue weighted by Crippen LogP contribution is -2.05. The van der Waals surface area contributed by atoms with E-state index >= 15 is 0 Å². The maximum absolute atomic E-state index is 5.63. The van der Waals surface area contributed by atoms with Crippen LogP contribution in [0.2, 0.25) is 0 Å². The van der Waals surface area contributed by atoms with Crippen LogP contribution in [0.5, 0.6) is 0 Å². The molecular weight excluding hydrogens is 164 g/mol. The van der Waals surface area contributed by atoms with Crippen molar-refractivity contribution in [3.63, 3.8) is 0 Å². The zero-order valence-corrected chi connectivity index (χ0v) is 7.49. The van der Waals surface area contributed by atoms with Crippen LogP contribution in [0.1, 0.15) is 5.69 Å². The van der Waals surface area contributed by atoms with Gasteiger partial charge in [-0.25, -0.2) is 0 Å².